The molecule has 0 aliphatic heterocycles. The molecule has 4 nitrogen and oxygen atoms in total. The van der Waals surface area contributed by atoms with Crippen LogP contribution in [0.25, 0.3) is 22.6 Å². The number of rotatable bonds is 4. The summed E-state index contributed by atoms with van der Waals surface area (Å²) in [6, 6.07) is 28.2. The Kier molecular flexibility index (Phi) is 4.66. The van der Waals surface area contributed by atoms with Crippen LogP contribution in [0.4, 0.5) is 0 Å². The molecular weight excluding hydrogens is 380 g/mol. The maximum atomic E-state index is 9.53. The number of thioether (sulfide) groups is 1. The van der Waals surface area contributed by atoms with E-state index in [2.05, 4.69) is 17.3 Å². The summed E-state index contributed by atoms with van der Waals surface area (Å²) in [6.45, 7) is 0. The van der Waals surface area contributed by atoms with Gasteiger partial charge in [0, 0.05) is 17.5 Å². The van der Waals surface area contributed by atoms with E-state index in [1.165, 1.54) is 17.3 Å². The van der Waals surface area contributed by atoms with E-state index in [-0.39, 0.29) is 5.25 Å². The topological polar surface area (TPSA) is 58.6 Å². The summed E-state index contributed by atoms with van der Waals surface area (Å²) < 4.78 is 6.24. The minimum absolute atomic E-state index is 0.109. The lowest BCUT2D eigenvalue weighted by molar-refractivity contribution is 0.317. The summed E-state index contributed by atoms with van der Waals surface area (Å²) in [5, 5.41) is 13.5. The third kappa shape index (κ3) is 3.34. The molecule has 29 heavy (non-hydrogen) atoms. The van der Waals surface area contributed by atoms with Gasteiger partial charge in [-0.3, -0.25) is 0 Å². The van der Waals surface area contributed by atoms with Crippen molar-refractivity contribution in [1.82, 2.24) is 4.98 Å². The zero-order valence-corrected chi connectivity index (χ0v) is 16.3. The van der Waals surface area contributed by atoms with Crippen LogP contribution in [0.5, 0.6) is 0 Å². The number of nitrogens with zero attached hydrogens (tertiary/aromatic N) is 2. The number of hydrogen-bond acceptors (Lipinski definition) is 5. The van der Waals surface area contributed by atoms with Gasteiger partial charge in [0.05, 0.1) is 11.0 Å². The van der Waals surface area contributed by atoms with Gasteiger partial charge in [-0.05, 0) is 11.1 Å². The molecule has 1 aliphatic rings. The zero-order valence-electron chi connectivity index (χ0n) is 15.5. The maximum absolute atomic E-state index is 9.53. The van der Waals surface area contributed by atoms with E-state index in [9.17, 15) is 5.21 Å². The standard InChI is InChI=1S/C24H18N2O2S/c27-26-20-15-18-13-7-8-14-19(18)23(20)29-24-25-21(16-9-3-1-4-10-16)22(28-24)17-11-5-2-6-12-17/h1-14,23,27H,15H2/b26-20-/t23-/m0/s1. The Balaban J connectivity index is 1.57. The fraction of sp³-hybridized carbons (Fsp3) is 0.0833. The van der Waals surface area contributed by atoms with Crippen molar-refractivity contribution in [3.05, 3.63) is 96.1 Å². The third-order valence-electron chi connectivity index (χ3n) is 5.05. The monoisotopic (exact) mass is 398 g/mol. The molecule has 1 aliphatic carbocycles. The van der Waals surface area contributed by atoms with Gasteiger partial charge in [0.15, 0.2) is 5.76 Å². The van der Waals surface area contributed by atoms with Gasteiger partial charge in [0.25, 0.3) is 5.22 Å². The Morgan fingerprint density at radius 2 is 1.52 bits per heavy atom. The van der Waals surface area contributed by atoms with Crippen LogP contribution in [0.2, 0.25) is 0 Å². The molecule has 4 aromatic rings. The van der Waals surface area contributed by atoms with Gasteiger partial charge in [-0.25, -0.2) is 4.98 Å². The number of hydrogen-bond donors (Lipinski definition) is 1. The molecule has 1 atom stereocenters. The van der Waals surface area contributed by atoms with Gasteiger partial charge < -0.3 is 9.62 Å². The number of fused-ring (bicyclic) bond motifs is 1. The van der Waals surface area contributed by atoms with Gasteiger partial charge in [-0.2, -0.15) is 0 Å². The zero-order chi connectivity index (χ0) is 19.6. The predicted molar refractivity (Wildman–Crippen MR) is 115 cm³/mol. The van der Waals surface area contributed by atoms with Gasteiger partial charge in [0.1, 0.15) is 5.69 Å². The summed E-state index contributed by atoms with van der Waals surface area (Å²) >= 11 is 1.48. The van der Waals surface area contributed by atoms with Crippen LogP contribution in [0, 0.1) is 0 Å². The molecule has 0 radical (unpaired) electrons. The molecule has 0 bridgehead atoms. The second-order valence-corrected chi connectivity index (χ2v) is 7.91. The highest BCUT2D eigenvalue weighted by atomic mass is 32.2. The lowest BCUT2D eigenvalue weighted by Crippen LogP contribution is -2.02. The van der Waals surface area contributed by atoms with Crippen LogP contribution in [-0.4, -0.2) is 15.9 Å². The van der Waals surface area contributed by atoms with Crippen molar-refractivity contribution in [2.24, 2.45) is 5.16 Å². The second kappa shape index (κ2) is 7.60. The molecular formula is C24H18N2O2S. The van der Waals surface area contributed by atoms with E-state index in [0.717, 1.165) is 33.9 Å². The molecule has 142 valence electrons. The van der Waals surface area contributed by atoms with Crippen LogP contribution < -0.4 is 0 Å². The van der Waals surface area contributed by atoms with E-state index >= 15 is 0 Å². The molecule has 0 saturated carbocycles. The first kappa shape index (κ1) is 17.8. The molecule has 0 amide bonds. The Morgan fingerprint density at radius 1 is 0.862 bits per heavy atom. The van der Waals surface area contributed by atoms with Gasteiger partial charge in [-0.15, -0.1) is 0 Å². The van der Waals surface area contributed by atoms with Crippen LogP contribution in [-0.2, 0) is 6.42 Å². The van der Waals surface area contributed by atoms with E-state index < -0.39 is 0 Å². The minimum Gasteiger partial charge on any atom is -0.431 e. The molecule has 1 aromatic heterocycles. The van der Waals surface area contributed by atoms with Crippen molar-refractivity contribution in [1.29, 1.82) is 0 Å². The van der Waals surface area contributed by atoms with Crippen molar-refractivity contribution < 1.29 is 9.62 Å². The van der Waals surface area contributed by atoms with Crippen LogP contribution in [0.15, 0.2) is 99.7 Å². The Morgan fingerprint density at radius 3 is 2.24 bits per heavy atom. The Hall–Kier alpha value is -3.31. The van der Waals surface area contributed by atoms with Gasteiger partial charge in [0.2, 0.25) is 0 Å². The highest BCUT2D eigenvalue weighted by Crippen LogP contribution is 2.45. The van der Waals surface area contributed by atoms with Crippen molar-refractivity contribution in [3.63, 3.8) is 0 Å². The largest absolute Gasteiger partial charge is 0.431 e. The van der Waals surface area contributed by atoms with Gasteiger partial charge >= 0.3 is 0 Å². The van der Waals surface area contributed by atoms with Crippen molar-refractivity contribution in [2.45, 2.75) is 16.9 Å². The Labute approximate surface area is 172 Å². The highest BCUT2D eigenvalue weighted by Gasteiger charge is 2.32. The SMILES string of the molecule is O/N=C1/Cc2ccccc2[C@@H]1Sc1nc(-c2ccccc2)c(-c2ccccc2)o1. The molecule has 0 spiro atoms. The third-order valence-corrected chi connectivity index (χ3v) is 6.19. The number of oxime groups is 1. The molecule has 0 saturated heterocycles. The quantitative estimate of drug-likeness (QED) is 0.327. The number of benzene rings is 3. The minimum atomic E-state index is -0.109. The molecule has 5 rings (SSSR count). The summed E-state index contributed by atoms with van der Waals surface area (Å²) in [5.41, 5.74) is 5.84. The van der Waals surface area contributed by atoms with E-state index in [0.29, 0.717) is 11.6 Å². The van der Waals surface area contributed by atoms with Crippen molar-refractivity contribution in [3.8, 4) is 22.6 Å². The molecule has 1 N–H and O–H groups in total. The smallest absolute Gasteiger partial charge is 0.257 e. The number of oxazole rings is 1. The fourth-order valence-electron chi connectivity index (χ4n) is 3.67. The average molecular weight is 398 g/mol. The summed E-state index contributed by atoms with van der Waals surface area (Å²) in [6.07, 6.45) is 0.641. The lowest BCUT2D eigenvalue weighted by Gasteiger charge is -2.08. The van der Waals surface area contributed by atoms with E-state index in [1.807, 2.05) is 72.8 Å². The highest BCUT2D eigenvalue weighted by molar-refractivity contribution is 8.00. The molecule has 0 fully saturated rings. The van der Waals surface area contributed by atoms with Crippen LogP contribution >= 0.6 is 11.8 Å². The molecule has 1 heterocycles. The van der Waals surface area contributed by atoms with Crippen molar-refractivity contribution in [2.75, 3.05) is 0 Å². The summed E-state index contributed by atoms with van der Waals surface area (Å²) in [7, 11) is 0. The summed E-state index contributed by atoms with van der Waals surface area (Å²) in [5.74, 6) is 0.744. The first-order valence-electron chi connectivity index (χ1n) is 9.40. The van der Waals surface area contributed by atoms with Crippen LogP contribution in [0.1, 0.15) is 16.4 Å². The average Bonchev–Trinajstić information content (AvgIpc) is 3.37. The van der Waals surface area contributed by atoms with E-state index in [4.69, 9.17) is 9.40 Å². The first-order valence-corrected chi connectivity index (χ1v) is 10.3. The molecule has 5 heteroatoms. The normalized spacial score (nSPS) is 16.8. The second-order valence-electron chi connectivity index (χ2n) is 6.85. The van der Waals surface area contributed by atoms with Crippen molar-refractivity contribution >= 4 is 17.5 Å². The summed E-state index contributed by atoms with van der Waals surface area (Å²) in [4.78, 5) is 4.82. The lowest BCUT2D eigenvalue weighted by atomic mass is 10.1. The number of aromatic nitrogens is 1. The van der Waals surface area contributed by atoms with E-state index in [1.54, 1.807) is 0 Å². The first-order chi connectivity index (χ1) is 14.3. The maximum Gasteiger partial charge on any atom is 0.257 e. The van der Waals surface area contributed by atoms with Gasteiger partial charge in [-0.1, -0.05) is 102 Å². The van der Waals surface area contributed by atoms with Crippen LogP contribution in [0.3, 0.4) is 0 Å². The predicted octanol–water partition coefficient (Wildman–Crippen LogP) is 6.23. The molecule has 3 aromatic carbocycles. The fourth-order valence-corrected chi connectivity index (χ4v) is 4.77. The molecule has 0 unspecified atom stereocenters. The Bertz CT molecular complexity index is 1110.